The largest absolute Gasteiger partial charge is 1.17 e. The van der Waals surface area contributed by atoms with E-state index in [1.807, 2.05) is 0 Å². The Morgan fingerprint density at radius 2 is 0.384 bits per heavy atom. The zero-order valence-electron chi connectivity index (χ0n) is 32.2. The summed E-state index contributed by atoms with van der Waals surface area (Å²) in [4.78, 5) is 164. The highest BCUT2D eigenvalue weighted by atomic mass is 27.3. The molecule has 384 valence electrons. The molecule has 0 aliphatic heterocycles. The average Bonchev–Trinajstić information content (AvgIpc) is 4.05. The van der Waals surface area contributed by atoms with Crippen LogP contribution in [0.4, 0.5) is 23.8 Å². The van der Waals surface area contributed by atoms with Crippen LogP contribution in [0.3, 0.4) is 0 Å². The van der Waals surface area contributed by atoms with E-state index in [4.69, 9.17) is 0 Å². The SMILES string of the molecule is O=[N+]([O-])c1nc(C([N+](=O)[O-])([N+](=O)[O-])[N+](=O)[O-])n[n]1[Al-]([n]1nc(C([N+](=O)[O-])([N+](=O)[O-])[N+](=O)[O-])nc1[N+](=O)[O-])([n]1nc(C([N+](=O)[O-])([N+](=O)[O-])[N+](=O)[O-])nc1[N+](=O)[O-])[n]1nc(C([N+](=O)[O-])([N+](=O)[O-])[N+](=O)[O-])nc1[N+](=O)[O-]. The molecule has 0 N–H and O–H groups in total. The van der Waals surface area contributed by atoms with Gasteiger partial charge in [0.2, 0.25) is 0 Å². The van der Waals surface area contributed by atoms with Gasteiger partial charge in [-0.2, -0.15) is 0 Å². The molecule has 4 rings (SSSR count). The first kappa shape index (κ1) is 53.1. The van der Waals surface area contributed by atoms with E-state index >= 15 is 0 Å². The number of aromatic nitrogens is 12. The molecule has 0 saturated carbocycles. The Hall–Kier alpha value is -12.5. The molecule has 0 fully saturated rings. The lowest BCUT2D eigenvalue weighted by Gasteiger charge is -2.21. The van der Waals surface area contributed by atoms with Gasteiger partial charge in [0.05, 0.1) is 0 Å². The number of nitro groups is 16. The molecule has 73 heavy (non-hydrogen) atoms. The Kier molecular flexibility index (Phi) is 12.4. The third kappa shape index (κ3) is 6.69. The fraction of sp³-hybridized carbons (Fsp3) is 0.333. The van der Waals surface area contributed by atoms with Crippen LogP contribution in [0.1, 0.15) is 23.3 Å². The molecule has 0 aromatic carbocycles. The summed E-state index contributed by atoms with van der Waals surface area (Å²) < 4.78 is -6.72. The molecular weight excluding hydrogens is 1080 g/mol. The van der Waals surface area contributed by atoms with Crippen molar-refractivity contribution < 1.29 is 78.8 Å². The zero-order valence-corrected chi connectivity index (χ0v) is 33.3. The van der Waals surface area contributed by atoms with Crippen molar-refractivity contribution in [1.29, 1.82) is 0 Å². The molecule has 0 aliphatic rings. The second-order valence-electron chi connectivity index (χ2n) is 12.1. The number of hydrogen-bond acceptors (Lipinski definition) is 40. The van der Waals surface area contributed by atoms with Crippen LogP contribution in [0.25, 0.3) is 0 Å². The molecule has 4 aromatic rings. The highest BCUT2D eigenvalue weighted by molar-refractivity contribution is 6.74. The molecule has 4 heterocycles. The van der Waals surface area contributed by atoms with Gasteiger partial charge in [0.1, 0.15) is 0 Å². The van der Waals surface area contributed by atoms with Gasteiger partial charge in [0.15, 0.2) is 59.1 Å². The molecular formula is C12AlN28O32-. The van der Waals surface area contributed by atoms with E-state index < -0.39 is 178 Å². The standard InChI is InChI=1S/4C3N7O8.Al/c4*11-7(12)2-4-1(5-6-2)3(8(13)14,9(15)16)10(17)18;/q4*-1;+3. The lowest BCUT2D eigenvalue weighted by atomic mass is 10.3. The Morgan fingerprint density at radius 1 is 0.260 bits per heavy atom. The van der Waals surface area contributed by atoms with Crippen LogP contribution >= 0.6 is 0 Å². The van der Waals surface area contributed by atoms with E-state index in [1.54, 1.807) is 0 Å². The maximum Gasteiger partial charge on any atom is 1.17 e. The average molecular weight is 1080 g/mol. The predicted molar refractivity (Wildman–Crippen MR) is 185 cm³/mol. The minimum absolute atomic E-state index is 1.68. The van der Waals surface area contributed by atoms with Crippen molar-refractivity contribution in [3.63, 3.8) is 0 Å². The Balaban J connectivity index is 2.86. The molecule has 0 atom stereocenters. The lowest BCUT2D eigenvalue weighted by molar-refractivity contribution is -0.987. The van der Waals surface area contributed by atoms with Gasteiger partial charge < -0.3 is 40.5 Å². The summed E-state index contributed by atoms with van der Waals surface area (Å²) in [6.45, 7) is 0. The summed E-state index contributed by atoms with van der Waals surface area (Å²) >= 11 is -9.39. The molecule has 4 aromatic heterocycles. The minimum atomic E-state index is -9.39. The summed E-state index contributed by atoms with van der Waals surface area (Å²) in [5.74, 6) is -48.2. The summed E-state index contributed by atoms with van der Waals surface area (Å²) in [5.41, 5.74) is 0. The van der Waals surface area contributed by atoms with Crippen molar-refractivity contribution >= 4 is 37.8 Å². The number of hydrogen-bond donors (Lipinski definition) is 0. The van der Waals surface area contributed by atoms with Crippen molar-refractivity contribution in [1.82, 2.24) is 55.0 Å². The van der Waals surface area contributed by atoms with Gasteiger partial charge in [-0.25, -0.2) is 0 Å². The molecule has 61 heteroatoms. The van der Waals surface area contributed by atoms with Crippen molar-refractivity contribution in [3.05, 3.63) is 185 Å². The third-order valence-corrected chi connectivity index (χ3v) is 12.7. The molecule has 0 bridgehead atoms. The maximum absolute atomic E-state index is 12.8. The summed E-state index contributed by atoms with van der Waals surface area (Å²) in [6, 6.07) is 0. The first-order valence-electron chi connectivity index (χ1n) is 15.8. The monoisotopic (exact) mass is 1070 g/mol. The van der Waals surface area contributed by atoms with Gasteiger partial charge in [-0.3, -0.25) is 136 Å². The van der Waals surface area contributed by atoms with Gasteiger partial charge >= 0.3 is 84.2 Å². The predicted octanol–water partition coefficient (Wildman–Crippen LogP) is -6.62. The Labute approximate surface area is 380 Å². The lowest BCUT2D eigenvalue weighted by Crippen LogP contribution is -2.67. The van der Waals surface area contributed by atoms with Crippen LogP contribution in [-0.2, 0) is 23.1 Å². The summed E-state index contributed by atoms with van der Waals surface area (Å²) in [7, 11) is 0. The molecule has 0 unspecified atom stereocenters. The number of rotatable bonds is 24. The zero-order chi connectivity index (χ0) is 56.3. The van der Waals surface area contributed by atoms with Crippen LogP contribution < -0.4 is 0 Å². The second kappa shape index (κ2) is 17.0. The van der Waals surface area contributed by atoms with Gasteiger partial charge in [-0.15, -0.1) is 20.4 Å². The van der Waals surface area contributed by atoms with Gasteiger partial charge in [0, 0.05) is 0 Å². The third-order valence-electron chi connectivity index (χ3n) is 8.67. The van der Waals surface area contributed by atoms with Crippen LogP contribution in [0.15, 0.2) is 0 Å². The van der Waals surface area contributed by atoms with Crippen LogP contribution in [0.5, 0.6) is 0 Å². The summed E-state index contributed by atoms with van der Waals surface area (Å²) in [6.07, 6.45) is 0. The maximum atomic E-state index is 12.8. The van der Waals surface area contributed by atoms with Gasteiger partial charge in [-0.05, 0) is 19.9 Å². The Morgan fingerprint density at radius 3 is 0.479 bits per heavy atom. The molecule has 0 spiro atoms. The van der Waals surface area contributed by atoms with Crippen LogP contribution in [0.2, 0.25) is 0 Å². The van der Waals surface area contributed by atoms with Crippen LogP contribution in [0, 0.1) is 162 Å². The van der Waals surface area contributed by atoms with Gasteiger partial charge in [0.25, 0.3) is 0 Å². The van der Waals surface area contributed by atoms with E-state index in [-0.39, 0.29) is 0 Å². The first-order valence-corrected chi connectivity index (χ1v) is 17.9. The Bertz CT molecular complexity index is 2730. The quantitative estimate of drug-likeness (QED) is 0.0272. The highest BCUT2D eigenvalue weighted by Gasteiger charge is 2.90. The topological polar surface area (TPSA) is 813 Å². The van der Waals surface area contributed by atoms with Crippen molar-refractivity contribution in [2.24, 2.45) is 0 Å². The van der Waals surface area contributed by atoms with E-state index in [9.17, 15) is 162 Å². The molecule has 0 saturated heterocycles. The summed E-state index contributed by atoms with van der Waals surface area (Å²) in [5, 5.41) is 207. The molecule has 0 aliphatic carbocycles. The van der Waals surface area contributed by atoms with Gasteiger partial charge in [-0.1, -0.05) is 19.7 Å². The fourth-order valence-corrected chi connectivity index (χ4v) is 9.81. The number of nitrogens with zero attached hydrogens (tertiary/aromatic N) is 28. The smallest absolute Gasteiger partial charge is 0.390 e. The molecule has 0 amide bonds. The van der Waals surface area contributed by atoms with Crippen molar-refractivity contribution in [2.45, 2.75) is 23.1 Å². The van der Waals surface area contributed by atoms with E-state index in [2.05, 4.69) is 40.3 Å². The normalized spacial score (nSPS) is 11.9. The molecule has 60 nitrogen and oxygen atoms in total. The first-order chi connectivity index (χ1) is 33.4. The van der Waals surface area contributed by atoms with E-state index in [1.165, 1.54) is 0 Å². The van der Waals surface area contributed by atoms with Crippen LogP contribution in [-0.4, -0.2) is 148 Å². The molecule has 0 radical (unpaired) electrons. The van der Waals surface area contributed by atoms with Crippen molar-refractivity contribution in [3.8, 4) is 0 Å². The highest BCUT2D eigenvalue weighted by Crippen LogP contribution is 2.38. The fourth-order valence-electron chi connectivity index (χ4n) is 5.66. The second-order valence-corrected chi connectivity index (χ2v) is 15.4. The minimum Gasteiger partial charge on any atom is -0.390 e. The van der Waals surface area contributed by atoms with E-state index in [0.29, 0.717) is 0 Å². The van der Waals surface area contributed by atoms with Crippen molar-refractivity contribution in [2.75, 3.05) is 0 Å². The van der Waals surface area contributed by atoms with E-state index in [0.717, 1.165) is 0 Å².